The van der Waals surface area contributed by atoms with Crippen LogP contribution in [0.4, 0.5) is 0 Å². The molecule has 0 saturated carbocycles. The molecule has 0 aliphatic heterocycles. The molecule has 0 aliphatic rings. The van der Waals surface area contributed by atoms with E-state index in [0.717, 1.165) is 49.3 Å². The van der Waals surface area contributed by atoms with Gasteiger partial charge < -0.3 is 9.13 Å². The third-order valence-corrected chi connectivity index (χ3v) is 18.3. The highest BCUT2D eigenvalue weighted by atomic mass is 28.3. The number of aromatic nitrogens is 6. The standard InChI is InChI=1S/C69H46N6Si/c1-5-23-47(24-6-1)67-70-68(48-43-45-52(46-44-48)76(49-25-7-2-8-26-49,50-27-9-3-10-28-50)51-29-11-4-12-30-51)72-69(71-67)75-60-38-19-15-33-55(60)56-35-21-42-64(66(56)75)74-61-39-20-16-34-57(61)65-62(40-22-41-63(65)74)73-58-36-17-13-31-53(58)54-32-14-18-37-59(54)73/h1-46H/i1D,2D,3D,5D,6D,7D,8D,9D,10D,23D,24D,25D,26D,27D,28D,43D,44D,45D,46D. The first-order chi connectivity index (χ1) is 45.6. The largest absolute Gasteiger partial charge is 0.309 e. The molecule has 0 saturated heterocycles. The highest BCUT2D eigenvalue weighted by molar-refractivity contribution is 7.19. The van der Waals surface area contributed by atoms with Gasteiger partial charge in [-0.2, -0.15) is 9.97 Å². The summed E-state index contributed by atoms with van der Waals surface area (Å²) in [5.74, 6) is -1.41. The first-order valence-corrected chi connectivity index (χ1v) is 26.3. The van der Waals surface area contributed by atoms with Crippen molar-refractivity contribution in [1.29, 1.82) is 0 Å². The van der Waals surface area contributed by atoms with Gasteiger partial charge in [0.15, 0.2) is 19.7 Å². The second-order valence-electron chi connectivity index (χ2n) is 18.1. The molecule has 76 heavy (non-hydrogen) atoms. The van der Waals surface area contributed by atoms with Gasteiger partial charge >= 0.3 is 0 Å². The molecule has 0 N–H and O–H groups in total. The summed E-state index contributed by atoms with van der Waals surface area (Å²) in [7, 11) is -5.44. The Hall–Kier alpha value is -9.95. The highest BCUT2D eigenvalue weighted by Crippen LogP contribution is 2.43. The van der Waals surface area contributed by atoms with E-state index in [1.54, 1.807) is 16.7 Å². The Balaban J connectivity index is 1.07. The number of rotatable bonds is 9. The molecule has 0 radical (unpaired) electrons. The zero-order valence-electron chi connectivity index (χ0n) is 58.8. The first-order valence-electron chi connectivity index (χ1n) is 33.8. The molecular weight excluding hydrogens is 941 g/mol. The lowest BCUT2D eigenvalue weighted by Gasteiger charge is -2.34. The van der Waals surface area contributed by atoms with Gasteiger partial charge in [-0.1, -0.05) is 236 Å². The summed E-state index contributed by atoms with van der Waals surface area (Å²) in [6.45, 7) is 0. The lowest BCUT2D eigenvalue weighted by molar-refractivity contribution is 0.950. The van der Waals surface area contributed by atoms with Crippen molar-refractivity contribution >= 4 is 94.2 Å². The minimum atomic E-state index is -5.44. The third-order valence-electron chi connectivity index (χ3n) is 14.1. The normalized spacial score (nSPS) is 15.4. The van der Waals surface area contributed by atoms with Crippen molar-refractivity contribution in [2.75, 3.05) is 0 Å². The average molecular weight is 1010 g/mol. The summed E-state index contributed by atoms with van der Waals surface area (Å²) in [5, 5.41) is 3.42. The predicted octanol–water partition coefficient (Wildman–Crippen LogP) is 13.9. The number of nitrogens with zero attached hydrogens (tertiary/aromatic N) is 6. The zero-order chi connectivity index (χ0) is 66.7. The molecule has 356 valence electrons. The number of hydrogen-bond acceptors (Lipinski definition) is 3. The molecule has 0 unspecified atom stereocenters. The van der Waals surface area contributed by atoms with E-state index in [9.17, 15) is 13.7 Å². The number of hydrogen-bond donors (Lipinski definition) is 0. The molecular formula is C69H46N6Si. The zero-order valence-corrected chi connectivity index (χ0v) is 40.8. The van der Waals surface area contributed by atoms with Crippen molar-refractivity contribution in [3.05, 3.63) is 279 Å². The fraction of sp³-hybridized carbons (Fsp3) is 0. The van der Waals surface area contributed by atoms with Crippen molar-refractivity contribution in [3.63, 3.8) is 0 Å². The molecule has 0 bridgehead atoms. The van der Waals surface area contributed by atoms with Crippen LogP contribution in [0.2, 0.25) is 0 Å². The summed E-state index contributed by atoms with van der Waals surface area (Å²) in [5.41, 5.74) is 4.96. The van der Waals surface area contributed by atoms with Crippen LogP contribution in [0.3, 0.4) is 0 Å². The molecule has 4 heterocycles. The van der Waals surface area contributed by atoms with Crippen LogP contribution in [0.25, 0.3) is 106 Å². The quantitative estimate of drug-likeness (QED) is 0.107. The molecule has 7 heteroatoms. The van der Waals surface area contributed by atoms with Crippen LogP contribution in [0.5, 0.6) is 0 Å². The maximum atomic E-state index is 10.3. The van der Waals surface area contributed by atoms with Crippen molar-refractivity contribution in [2.24, 2.45) is 0 Å². The molecule has 0 spiro atoms. The van der Waals surface area contributed by atoms with E-state index >= 15 is 0 Å². The van der Waals surface area contributed by atoms with Crippen LogP contribution >= 0.6 is 0 Å². The van der Waals surface area contributed by atoms with Gasteiger partial charge in [-0.25, -0.2) is 4.98 Å². The Morgan fingerprint density at radius 3 is 1.33 bits per heavy atom. The van der Waals surface area contributed by atoms with Crippen LogP contribution < -0.4 is 20.7 Å². The molecule has 0 atom stereocenters. The van der Waals surface area contributed by atoms with Gasteiger partial charge in [0.1, 0.15) is 0 Å². The highest BCUT2D eigenvalue weighted by Gasteiger charge is 2.41. The Kier molecular flexibility index (Phi) is 6.61. The van der Waals surface area contributed by atoms with Crippen molar-refractivity contribution in [3.8, 4) is 40.1 Å². The molecule has 6 nitrogen and oxygen atoms in total. The van der Waals surface area contributed by atoms with E-state index < -0.39 is 161 Å². The van der Waals surface area contributed by atoms with Gasteiger partial charge in [0.25, 0.3) is 0 Å². The minimum absolute atomic E-state index is 0.0371. The van der Waals surface area contributed by atoms with Crippen LogP contribution in [0.15, 0.2) is 279 Å². The third kappa shape index (κ3) is 6.62. The molecule has 15 rings (SSSR count). The van der Waals surface area contributed by atoms with Crippen molar-refractivity contribution in [2.45, 2.75) is 0 Å². The van der Waals surface area contributed by atoms with Crippen LogP contribution in [-0.4, -0.2) is 36.7 Å². The smallest absolute Gasteiger partial charge is 0.238 e. The van der Waals surface area contributed by atoms with E-state index in [2.05, 4.69) is 45.5 Å². The van der Waals surface area contributed by atoms with Gasteiger partial charge in [-0.15, -0.1) is 0 Å². The van der Waals surface area contributed by atoms with Gasteiger partial charge in [-0.3, -0.25) is 4.57 Å². The predicted molar refractivity (Wildman–Crippen MR) is 317 cm³/mol. The second-order valence-corrected chi connectivity index (χ2v) is 21.6. The monoisotopic (exact) mass is 1010 g/mol. The second kappa shape index (κ2) is 17.6. The molecule has 0 amide bonds. The summed E-state index contributed by atoms with van der Waals surface area (Å²) >= 11 is 0. The van der Waals surface area contributed by atoms with Gasteiger partial charge in [0.2, 0.25) is 5.95 Å². The first kappa shape index (κ1) is 28.5. The van der Waals surface area contributed by atoms with Gasteiger partial charge in [-0.05, 0) is 63.2 Å². The van der Waals surface area contributed by atoms with Crippen molar-refractivity contribution in [1.82, 2.24) is 28.7 Å². The SMILES string of the molecule is [2H]c1c([2H])c([2H])c(-c2nc(-c3c([2H])c([2H])c([Si](c4ccccc4)(c4c([2H])c([2H])c([2H])c([2H])c4[2H])c4c([2H])c([2H])c([2H])c([2H])c4[2H])c([2H])c3[2H])nc(-n3c4ccccc4c4cccc(-n5c6ccccc6c6c(-n7c8ccccc8c8ccccc87)cccc65)c43)n2)c([2H])c1[2H]. The number of para-hydroxylation sites is 5. The van der Waals surface area contributed by atoms with Crippen LogP contribution in [0.1, 0.15) is 26.0 Å². The van der Waals surface area contributed by atoms with Crippen LogP contribution in [0, 0.1) is 0 Å². The van der Waals surface area contributed by atoms with Gasteiger partial charge in [0.05, 0.1) is 70.5 Å². The maximum Gasteiger partial charge on any atom is 0.238 e. The van der Waals surface area contributed by atoms with Gasteiger partial charge in [0, 0.05) is 43.4 Å². The summed E-state index contributed by atoms with van der Waals surface area (Å²) in [4.78, 5) is 14.8. The molecule has 4 aromatic heterocycles. The Morgan fingerprint density at radius 2 is 0.724 bits per heavy atom. The minimum Gasteiger partial charge on any atom is -0.309 e. The number of benzene rings is 11. The Labute approximate surface area is 466 Å². The number of fused-ring (bicyclic) bond motifs is 9. The molecule has 15 aromatic rings. The van der Waals surface area contributed by atoms with Crippen molar-refractivity contribution < 1.29 is 26.0 Å². The van der Waals surface area contributed by atoms with E-state index in [-0.39, 0.29) is 11.1 Å². The lowest BCUT2D eigenvalue weighted by Crippen LogP contribution is -2.74. The lowest BCUT2D eigenvalue weighted by atomic mass is 10.1. The van der Waals surface area contributed by atoms with E-state index in [4.69, 9.17) is 27.3 Å². The maximum absolute atomic E-state index is 10.3. The van der Waals surface area contributed by atoms with E-state index in [0.29, 0.717) is 27.5 Å². The fourth-order valence-corrected chi connectivity index (χ4v) is 14.9. The molecule has 11 aromatic carbocycles. The Bertz CT molecular complexity index is 5650. The molecule has 0 aliphatic carbocycles. The average Bonchev–Trinajstić information content (AvgIpc) is 1.23. The molecule has 0 fully saturated rings. The fourth-order valence-electron chi connectivity index (χ4n) is 11.1. The van der Waals surface area contributed by atoms with E-state index in [1.165, 1.54) is 24.3 Å². The summed E-state index contributed by atoms with van der Waals surface area (Å²) < 4.78 is 183. The van der Waals surface area contributed by atoms with E-state index in [1.807, 2.05) is 91.0 Å². The van der Waals surface area contributed by atoms with Crippen LogP contribution in [-0.2, 0) is 0 Å². The Morgan fingerprint density at radius 1 is 0.303 bits per heavy atom. The topological polar surface area (TPSA) is 53.5 Å². The summed E-state index contributed by atoms with van der Waals surface area (Å²) in [6, 6.07) is 35.0. The summed E-state index contributed by atoms with van der Waals surface area (Å²) in [6.07, 6.45) is 0.